The van der Waals surface area contributed by atoms with Gasteiger partial charge in [0.1, 0.15) is 0 Å². The van der Waals surface area contributed by atoms with Crippen LogP contribution in [0.2, 0.25) is 0 Å². The second kappa shape index (κ2) is 7.36. The topological polar surface area (TPSA) is 19.4 Å². The van der Waals surface area contributed by atoms with Gasteiger partial charge in [-0.25, -0.2) is 0 Å². The standard InChI is InChI=1S/C18H22BrN3/c1-15-5-4-8-20-18(15)14-22-11-9-21(10-12-22)13-16-6-2-3-7-17(16)19/h2-8H,9-14H2,1H3. The maximum atomic E-state index is 4.51. The van der Waals surface area contributed by atoms with Crippen molar-refractivity contribution in [2.24, 2.45) is 0 Å². The third-order valence-electron chi connectivity index (χ3n) is 4.31. The summed E-state index contributed by atoms with van der Waals surface area (Å²) in [6.07, 6.45) is 1.89. The molecule has 0 radical (unpaired) electrons. The third kappa shape index (κ3) is 3.94. The van der Waals surface area contributed by atoms with Crippen LogP contribution in [0.5, 0.6) is 0 Å². The van der Waals surface area contributed by atoms with Crippen LogP contribution in [0.1, 0.15) is 16.8 Å². The van der Waals surface area contributed by atoms with Crippen molar-refractivity contribution in [1.82, 2.24) is 14.8 Å². The van der Waals surface area contributed by atoms with E-state index >= 15 is 0 Å². The number of pyridine rings is 1. The van der Waals surface area contributed by atoms with Crippen molar-refractivity contribution in [2.75, 3.05) is 26.2 Å². The number of piperazine rings is 1. The second-order valence-corrected chi connectivity index (χ2v) is 6.77. The molecule has 2 aromatic rings. The molecule has 1 fully saturated rings. The molecule has 0 saturated carbocycles. The first-order chi connectivity index (χ1) is 10.7. The zero-order valence-electron chi connectivity index (χ0n) is 13.0. The van der Waals surface area contributed by atoms with Gasteiger partial charge in [-0.2, -0.15) is 0 Å². The number of hydrogen-bond donors (Lipinski definition) is 0. The lowest BCUT2D eigenvalue weighted by atomic mass is 10.1. The Kier molecular flexibility index (Phi) is 5.24. The van der Waals surface area contributed by atoms with Gasteiger partial charge in [-0.1, -0.05) is 40.2 Å². The second-order valence-electron chi connectivity index (χ2n) is 5.91. The minimum atomic E-state index is 0.968. The minimum Gasteiger partial charge on any atom is -0.297 e. The lowest BCUT2D eigenvalue weighted by molar-refractivity contribution is 0.120. The first-order valence-corrected chi connectivity index (χ1v) is 8.60. The van der Waals surface area contributed by atoms with Gasteiger partial charge in [0, 0.05) is 49.9 Å². The predicted molar refractivity (Wildman–Crippen MR) is 93.7 cm³/mol. The van der Waals surface area contributed by atoms with Crippen LogP contribution in [0, 0.1) is 6.92 Å². The largest absolute Gasteiger partial charge is 0.297 e. The van der Waals surface area contributed by atoms with Gasteiger partial charge >= 0.3 is 0 Å². The van der Waals surface area contributed by atoms with Crippen molar-refractivity contribution in [2.45, 2.75) is 20.0 Å². The number of rotatable bonds is 4. The van der Waals surface area contributed by atoms with Gasteiger partial charge in [-0.3, -0.25) is 14.8 Å². The maximum Gasteiger partial charge on any atom is 0.0573 e. The highest BCUT2D eigenvalue weighted by molar-refractivity contribution is 9.10. The lowest BCUT2D eigenvalue weighted by Crippen LogP contribution is -2.45. The van der Waals surface area contributed by atoms with Gasteiger partial charge in [0.2, 0.25) is 0 Å². The first kappa shape index (κ1) is 15.7. The summed E-state index contributed by atoms with van der Waals surface area (Å²) in [6.45, 7) is 8.60. The highest BCUT2D eigenvalue weighted by Gasteiger charge is 2.18. The van der Waals surface area contributed by atoms with Crippen molar-refractivity contribution >= 4 is 15.9 Å². The van der Waals surface area contributed by atoms with E-state index in [1.54, 1.807) is 0 Å². The van der Waals surface area contributed by atoms with E-state index < -0.39 is 0 Å². The molecule has 0 aliphatic carbocycles. The Bertz CT molecular complexity index is 566. The van der Waals surface area contributed by atoms with E-state index in [1.807, 2.05) is 12.3 Å². The summed E-state index contributed by atoms with van der Waals surface area (Å²) in [5.74, 6) is 0. The summed E-state index contributed by atoms with van der Waals surface area (Å²) in [7, 11) is 0. The molecule has 1 aliphatic rings. The third-order valence-corrected chi connectivity index (χ3v) is 5.08. The number of nitrogens with zero attached hydrogens (tertiary/aromatic N) is 3. The van der Waals surface area contributed by atoms with Crippen molar-refractivity contribution < 1.29 is 0 Å². The van der Waals surface area contributed by atoms with Crippen LogP contribution in [-0.4, -0.2) is 41.0 Å². The highest BCUT2D eigenvalue weighted by atomic mass is 79.9. The van der Waals surface area contributed by atoms with Crippen molar-refractivity contribution in [1.29, 1.82) is 0 Å². The summed E-state index contributed by atoms with van der Waals surface area (Å²) in [4.78, 5) is 9.54. The highest BCUT2D eigenvalue weighted by Crippen LogP contribution is 2.19. The van der Waals surface area contributed by atoms with Crippen LogP contribution in [0.15, 0.2) is 47.1 Å². The Balaban J connectivity index is 1.52. The fraction of sp³-hybridized carbons (Fsp3) is 0.389. The molecule has 1 aromatic carbocycles. The molecule has 0 N–H and O–H groups in total. The molecule has 0 unspecified atom stereocenters. The molecule has 1 aliphatic heterocycles. The maximum absolute atomic E-state index is 4.51. The van der Waals surface area contributed by atoms with Crippen molar-refractivity contribution in [3.05, 3.63) is 63.9 Å². The molecule has 116 valence electrons. The summed E-state index contributed by atoms with van der Waals surface area (Å²) in [5.41, 5.74) is 3.87. The monoisotopic (exact) mass is 359 g/mol. The number of aromatic nitrogens is 1. The zero-order chi connectivity index (χ0) is 15.4. The van der Waals surface area contributed by atoms with Gasteiger partial charge < -0.3 is 0 Å². The van der Waals surface area contributed by atoms with E-state index in [2.05, 4.69) is 68.0 Å². The molecule has 0 amide bonds. The van der Waals surface area contributed by atoms with E-state index in [9.17, 15) is 0 Å². The average molecular weight is 360 g/mol. The Morgan fingerprint density at radius 1 is 0.955 bits per heavy atom. The predicted octanol–water partition coefficient (Wildman–Crippen LogP) is 3.47. The molecule has 4 heteroatoms. The van der Waals surface area contributed by atoms with Crippen LogP contribution in [0.25, 0.3) is 0 Å². The van der Waals surface area contributed by atoms with Crippen molar-refractivity contribution in [3.8, 4) is 0 Å². The molecule has 3 nitrogen and oxygen atoms in total. The molecule has 3 rings (SSSR count). The molecule has 0 bridgehead atoms. The van der Waals surface area contributed by atoms with Crippen LogP contribution in [0.3, 0.4) is 0 Å². The summed E-state index contributed by atoms with van der Waals surface area (Å²) >= 11 is 3.64. The summed E-state index contributed by atoms with van der Waals surface area (Å²) in [6, 6.07) is 12.7. The molecule has 22 heavy (non-hydrogen) atoms. The van der Waals surface area contributed by atoms with Crippen LogP contribution < -0.4 is 0 Å². The molecule has 0 spiro atoms. The number of benzene rings is 1. The SMILES string of the molecule is Cc1cccnc1CN1CCN(Cc2ccccc2Br)CC1. The van der Waals surface area contributed by atoms with E-state index in [1.165, 1.54) is 21.3 Å². The summed E-state index contributed by atoms with van der Waals surface area (Å²) < 4.78 is 1.21. The summed E-state index contributed by atoms with van der Waals surface area (Å²) in [5, 5.41) is 0. The van der Waals surface area contributed by atoms with Gasteiger partial charge in [0.15, 0.2) is 0 Å². The Morgan fingerprint density at radius 2 is 1.64 bits per heavy atom. The molecule has 2 heterocycles. The van der Waals surface area contributed by atoms with Crippen LogP contribution in [-0.2, 0) is 13.1 Å². The minimum absolute atomic E-state index is 0.968. The van der Waals surface area contributed by atoms with Gasteiger partial charge in [-0.05, 0) is 30.2 Å². The van der Waals surface area contributed by atoms with Gasteiger partial charge in [0.25, 0.3) is 0 Å². The normalized spacial score (nSPS) is 16.8. The lowest BCUT2D eigenvalue weighted by Gasteiger charge is -2.34. The average Bonchev–Trinajstić information content (AvgIpc) is 2.54. The molecular weight excluding hydrogens is 338 g/mol. The molecule has 0 atom stereocenters. The smallest absolute Gasteiger partial charge is 0.0573 e. The van der Waals surface area contributed by atoms with Crippen LogP contribution >= 0.6 is 15.9 Å². The van der Waals surface area contributed by atoms with E-state index in [0.29, 0.717) is 0 Å². The quantitative estimate of drug-likeness (QED) is 0.832. The zero-order valence-corrected chi connectivity index (χ0v) is 14.6. The van der Waals surface area contributed by atoms with E-state index in [0.717, 1.165) is 39.3 Å². The fourth-order valence-corrected chi connectivity index (χ4v) is 3.28. The Morgan fingerprint density at radius 3 is 2.32 bits per heavy atom. The van der Waals surface area contributed by atoms with E-state index in [4.69, 9.17) is 0 Å². The Labute approximate surface area is 141 Å². The molecular formula is C18H22BrN3. The molecule has 1 aromatic heterocycles. The Hall–Kier alpha value is -1.23. The molecule has 1 saturated heterocycles. The number of aryl methyl sites for hydroxylation is 1. The number of halogens is 1. The number of hydrogen-bond acceptors (Lipinski definition) is 3. The first-order valence-electron chi connectivity index (χ1n) is 7.81. The van der Waals surface area contributed by atoms with Crippen molar-refractivity contribution in [3.63, 3.8) is 0 Å². The van der Waals surface area contributed by atoms with E-state index in [-0.39, 0.29) is 0 Å². The fourth-order valence-electron chi connectivity index (χ4n) is 2.87. The van der Waals surface area contributed by atoms with Crippen LogP contribution in [0.4, 0.5) is 0 Å². The van der Waals surface area contributed by atoms with Gasteiger partial charge in [-0.15, -0.1) is 0 Å². The van der Waals surface area contributed by atoms with Gasteiger partial charge in [0.05, 0.1) is 5.69 Å².